The molecule has 4 N–H and O–H groups in total. The number of halogens is 3. The topological polar surface area (TPSA) is 86.9 Å². The third-order valence-electron chi connectivity index (χ3n) is 2.47. The van der Waals surface area contributed by atoms with Crippen LogP contribution in [-0.2, 0) is 6.18 Å². The number of anilines is 1. The minimum atomic E-state index is -4.49. The van der Waals surface area contributed by atoms with E-state index in [0.29, 0.717) is 6.20 Å². The molecule has 0 aliphatic heterocycles. The Balaban J connectivity index is 2.49. The third kappa shape index (κ3) is 2.51. The molecule has 1 aromatic carbocycles. The van der Waals surface area contributed by atoms with Gasteiger partial charge in [0.05, 0.1) is 23.1 Å². The number of benzene rings is 1. The molecule has 8 heteroatoms. The third-order valence-corrected chi connectivity index (χ3v) is 2.47. The number of hydrogen-bond acceptors (Lipinski definition) is 3. The van der Waals surface area contributed by atoms with Gasteiger partial charge in [-0.2, -0.15) is 18.3 Å². The van der Waals surface area contributed by atoms with Crippen LogP contribution in [0.3, 0.4) is 0 Å². The monoisotopic (exact) mass is 270 g/mol. The van der Waals surface area contributed by atoms with Gasteiger partial charge in [0, 0.05) is 11.8 Å². The molecule has 0 aliphatic rings. The quantitative estimate of drug-likeness (QED) is 0.812. The maximum absolute atomic E-state index is 12.5. The van der Waals surface area contributed by atoms with Crippen molar-refractivity contribution in [2.75, 3.05) is 5.73 Å². The number of carbonyl (C=O) groups excluding carboxylic acids is 1. The molecule has 0 atom stereocenters. The van der Waals surface area contributed by atoms with Gasteiger partial charge < -0.3 is 11.5 Å². The fourth-order valence-electron chi connectivity index (χ4n) is 1.50. The summed E-state index contributed by atoms with van der Waals surface area (Å²) in [5.41, 5.74) is 10.3. The van der Waals surface area contributed by atoms with E-state index >= 15 is 0 Å². The van der Waals surface area contributed by atoms with Gasteiger partial charge in [0.15, 0.2) is 0 Å². The lowest BCUT2D eigenvalue weighted by Crippen LogP contribution is -2.12. The van der Waals surface area contributed by atoms with Gasteiger partial charge in [-0.25, -0.2) is 4.68 Å². The first-order valence-electron chi connectivity index (χ1n) is 5.10. The zero-order valence-electron chi connectivity index (χ0n) is 9.48. The van der Waals surface area contributed by atoms with Crippen molar-refractivity contribution >= 4 is 11.6 Å². The summed E-state index contributed by atoms with van der Waals surface area (Å²) < 4.78 is 38.3. The molecule has 0 spiro atoms. The number of nitrogens with two attached hydrogens (primary N) is 2. The van der Waals surface area contributed by atoms with Crippen LogP contribution >= 0.6 is 0 Å². The van der Waals surface area contributed by atoms with Gasteiger partial charge in [-0.15, -0.1) is 0 Å². The van der Waals surface area contributed by atoms with Crippen molar-refractivity contribution in [1.29, 1.82) is 0 Å². The number of alkyl halides is 3. The van der Waals surface area contributed by atoms with Crippen molar-refractivity contribution in [3.63, 3.8) is 0 Å². The Kier molecular flexibility index (Phi) is 2.93. The number of carbonyl (C=O) groups is 1. The summed E-state index contributed by atoms with van der Waals surface area (Å²) in [6, 6.07) is 4.05. The second-order valence-electron chi connectivity index (χ2n) is 3.81. The van der Waals surface area contributed by atoms with Crippen molar-refractivity contribution in [2.45, 2.75) is 6.18 Å². The van der Waals surface area contributed by atoms with Crippen LogP contribution in [0.2, 0.25) is 0 Å². The van der Waals surface area contributed by atoms with Gasteiger partial charge >= 0.3 is 6.18 Å². The molecule has 2 aromatic rings. The predicted octanol–water partition coefficient (Wildman–Crippen LogP) is 1.57. The first-order valence-corrected chi connectivity index (χ1v) is 5.10. The van der Waals surface area contributed by atoms with E-state index in [-0.39, 0.29) is 16.9 Å². The number of hydrogen-bond donors (Lipinski definition) is 2. The Morgan fingerprint density at radius 3 is 2.53 bits per heavy atom. The van der Waals surface area contributed by atoms with E-state index in [1.807, 2.05) is 0 Å². The van der Waals surface area contributed by atoms with Crippen molar-refractivity contribution in [3.8, 4) is 5.69 Å². The normalized spacial score (nSPS) is 11.5. The molecule has 100 valence electrons. The smallest absolute Gasteiger partial charge is 0.397 e. The molecule has 0 bridgehead atoms. The average molecular weight is 270 g/mol. The fraction of sp³-hybridized carbons (Fsp3) is 0.0909. The predicted molar refractivity (Wildman–Crippen MR) is 61.5 cm³/mol. The number of primary amides is 1. The standard InChI is InChI=1S/C11H9F3N4O/c12-11(13,14)7-4-17-18(5-7)9-3-6(10(16)19)1-2-8(9)15/h1-5H,15H2,(H2,16,19). The van der Waals surface area contributed by atoms with Crippen molar-refractivity contribution < 1.29 is 18.0 Å². The summed E-state index contributed by atoms with van der Waals surface area (Å²) >= 11 is 0. The van der Waals surface area contributed by atoms with Crippen LogP contribution in [0, 0.1) is 0 Å². The fourth-order valence-corrected chi connectivity index (χ4v) is 1.50. The minimum absolute atomic E-state index is 0.133. The molecule has 5 nitrogen and oxygen atoms in total. The summed E-state index contributed by atoms with van der Waals surface area (Å²) in [6.07, 6.45) is -3.03. The lowest BCUT2D eigenvalue weighted by molar-refractivity contribution is -0.137. The van der Waals surface area contributed by atoms with Crippen molar-refractivity contribution in [3.05, 3.63) is 41.7 Å². The zero-order chi connectivity index (χ0) is 14.2. The van der Waals surface area contributed by atoms with E-state index in [1.165, 1.54) is 18.2 Å². The molecule has 1 heterocycles. The summed E-state index contributed by atoms with van der Waals surface area (Å²) in [5.74, 6) is -0.704. The van der Waals surface area contributed by atoms with Crippen LogP contribution in [0.5, 0.6) is 0 Å². The van der Waals surface area contributed by atoms with Crippen LogP contribution in [-0.4, -0.2) is 15.7 Å². The molecular weight excluding hydrogens is 261 g/mol. The lowest BCUT2D eigenvalue weighted by Gasteiger charge is -2.07. The van der Waals surface area contributed by atoms with Gasteiger partial charge in [0.1, 0.15) is 0 Å². The number of nitrogen functional groups attached to an aromatic ring is 1. The van der Waals surface area contributed by atoms with Crippen LogP contribution in [0.4, 0.5) is 18.9 Å². The highest BCUT2D eigenvalue weighted by atomic mass is 19.4. The summed E-state index contributed by atoms with van der Waals surface area (Å²) in [4.78, 5) is 11.0. The Morgan fingerprint density at radius 1 is 1.32 bits per heavy atom. The average Bonchev–Trinajstić information content (AvgIpc) is 2.78. The van der Waals surface area contributed by atoms with E-state index in [9.17, 15) is 18.0 Å². The first kappa shape index (κ1) is 12.9. The first-order chi connectivity index (χ1) is 8.79. The zero-order valence-corrected chi connectivity index (χ0v) is 9.48. The molecule has 1 aromatic heterocycles. The van der Waals surface area contributed by atoms with Crippen LogP contribution in [0.15, 0.2) is 30.6 Å². The summed E-state index contributed by atoms with van der Waals surface area (Å²) in [6.45, 7) is 0. The second kappa shape index (κ2) is 4.30. The van der Waals surface area contributed by atoms with Gasteiger partial charge in [-0.3, -0.25) is 4.79 Å². The van der Waals surface area contributed by atoms with Gasteiger partial charge in [0.25, 0.3) is 0 Å². The largest absolute Gasteiger partial charge is 0.419 e. The highest BCUT2D eigenvalue weighted by Gasteiger charge is 2.32. The number of aromatic nitrogens is 2. The highest BCUT2D eigenvalue weighted by Crippen LogP contribution is 2.29. The molecule has 0 aliphatic carbocycles. The molecule has 0 fully saturated rings. The molecule has 1 amide bonds. The Hall–Kier alpha value is -2.51. The van der Waals surface area contributed by atoms with Crippen LogP contribution in [0.1, 0.15) is 15.9 Å². The lowest BCUT2D eigenvalue weighted by atomic mass is 10.1. The van der Waals surface area contributed by atoms with E-state index < -0.39 is 17.6 Å². The number of rotatable bonds is 2. The Labute approximate surface area is 105 Å². The van der Waals surface area contributed by atoms with Gasteiger partial charge in [-0.05, 0) is 18.2 Å². The molecular formula is C11H9F3N4O. The number of amides is 1. The SMILES string of the molecule is NC(=O)c1ccc(N)c(-n2cc(C(F)(F)F)cn2)c1. The highest BCUT2D eigenvalue weighted by molar-refractivity contribution is 5.94. The van der Waals surface area contributed by atoms with E-state index in [0.717, 1.165) is 10.9 Å². The Morgan fingerprint density at radius 2 is 2.00 bits per heavy atom. The Bertz CT molecular complexity index is 633. The van der Waals surface area contributed by atoms with Gasteiger partial charge in [-0.1, -0.05) is 0 Å². The second-order valence-corrected chi connectivity index (χ2v) is 3.81. The van der Waals surface area contributed by atoms with Crippen molar-refractivity contribution in [1.82, 2.24) is 9.78 Å². The summed E-state index contributed by atoms with van der Waals surface area (Å²) in [5, 5.41) is 3.58. The van der Waals surface area contributed by atoms with Crippen LogP contribution < -0.4 is 11.5 Å². The molecule has 0 radical (unpaired) electrons. The van der Waals surface area contributed by atoms with Crippen LogP contribution in [0.25, 0.3) is 5.69 Å². The maximum atomic E-state index is 12.5. The number of nitrogens with zero attached hydrogens (tertiary/aromatic N) is 2. The molecule has 19 heavy (non-hydrogen) atoms. The molecule has 0 saturated heterocycles. The molecule has 2 rings (SSSR count). The van der Waals surface area contributed by atoms with E-state index in [4.69, 9.17) is 11.5 Å². The van der Waals surface area contributed by atoms with E-state index in [1.54, 1.807) is 0 Å². The van der Waals surface area contributed by atoms with E-state index in [2.05, 4.69) is 5.10 Å². The molecule has 0 unspecified atom stereocenters. The minimum Gasteiger partial charge on any atom is -0.397 e. The molecule has 0 saturated carbocycles. The maximum Gasteiger partial charge on any atom is 0.419 e. The van der Waals surface area contributed by atoms with Gasteiger partial charge in [0.2, 0.25) is 5.91 Å². The summed E-state index contributed by atoms with van der Waals surface area (Å²) in [7, 11) is 0. The van der Waals surface area contributed by atoms with Crippen molar-refractivity contribution in [2.24, 2.45) is 5.73 Å².